The molecule has 116 valence electrons. The molecule has 5 nitrogen and oxygen atoms in total. The Balaban J connectivity index is 2.83. The van der Waals surface area contributed by atoms with Gasteiger partial charge in [0.25, 0.3) is 0 Å². The third-order valence-corrected chi connectivity index (χ3v) is 6.05. The zero-order valence-electron chi connectivity index (χ0n) is 12.5. The quantitative estimate of drug-likeness (QED) is 0.766. The van der Waals surface area contributed by atoms with Crippen LogP contribution < -0.4 is 10.5 Å². The van der Waals surface area contributed by atoms with Crippen molar-refractivity contribution in [1.29, 1.82) is 0 Å². The molecule has 0 unspecified atom stereocenters. The van der Waals surface area contributed by atoms with Gasteiger partial charge in [-0.3, -0.25) is 0 Å². The van der Waals surface area contributed by atoms with Crippen LogP contribution in [0.3, 0.4) is 0 Å². The van der Waals surface area contributed by atoms with Gasteiger partial charge in [-0.15, -0.1) is 11.3 Å². The molecule has 0 aliphatic carbocycles. The van der Waals surface area contributed by atoms with E-state index in [0.717, 1.165) is 12.0 Å². The largest absolute Gasteiger partial charge is 0.385 e. The summed E-state index contributed by atoms with van der Waals surface area (Å²) in [6.45, 7) is 7.04. The van der Waals surface area contributed by atoms with E-state index >= 15 is 0 Å². The zero-order valence-corrected chi connectivity index (χ0v) is 14.2. The fourth-order valence-electron chi connectivity index (χ4n) is 1.82. The molecule has 0 amide bonds. The van der Waals surface area contributed by atoms with Crippen molar-refractivity contribution in [1.82, 2.24) is 4.72 Å². The molecule has 0 aromatic carbocycles. The van der Waals surface area contributed by atoms with Crippen molar-refractivity contribution < 1.29 is 13.2 Å². The normalized spacial score (nSPS) is 12.8. The second kappa shape index (κ2) is 7.00. The van der Waals surface area contributed by atoms with Crippen LogP contribution in [0.15, 0.2) is 10.3 Å². The van der Waals surface area contributed by atoms with E-state index in [9.17, 15) is 8.42 Å². The van der Waals surface area contributed by atoms with E-state index in [2.05, 4.69) is 4.72 Å². The van der Waals surface area contributed by atoms with Crippen LogP contribution in [-0.4, -0.2) is 28.7 Å². The van der Waals surface area contributed by atoms with Gasteiger partial charge in [0, 0.05) is 31.7 Å². The van der Waals surface area contributed by atoms with E-state index in [0.29, 0.717) is 22.9 Å². The summed E-state index contributed by atoms with van der Waals surface area (Å²) in [4.78, 5) is 1.04. The first-order chi connectivity index (χ1) is 9.23. The molecule has 1 rings (SSSR count). The van der Waals surface area contributed by atoms with E-state index in [4.69, 9.17) is 10.5 Å². The summed E-state index contributed by atoms with van der Waals surface area (Å²) in [5.74, 6) is 0. The Labute approximate surface area is 125 Å². The molecule has 0 saturated carbocycles. The maximum Gasteiger partial charge on any atom is 0.242 e. The lowest BCUT2D eigenvalue weighted by atomic mass is 9.90. The summed E-state index contributed by atoms with van der Waals surface area (Å²) in [5, 5.41) is 1.83. The molecule has 1 aromatic rings. The maximum atomic E-state index is 12.4. The maximum absolute atomic E-state index is 12.4. The van der Waals surface area contributed by atoms with Gasteiger partial charge >= 0.3 is 0 Å². The van der Waals surface area contributed by atoms with Gasteiger partial charge in [0.05, 0.1) is 0 Å². The molecule has 0 spiro atoms. The summed E-state index contributed by atoms with van der Waals surface area (Å²) in [5.41, 5.74) is 6.20. The van der Waals surface area contributed by atoms with Gasteiger partial charge in [-0.25, -0.2) is 13.1 Å². The average molecular weight is 320 g/mol. The van der Waals surface area contributed by atoms with Crippen molar-refractivity contribution >= 4 is 21.4 Å². The highest BCUT2D eigenvalue weighted by atomic mass is 32.2. The zero-order chi connectivity index (χ0) is 15.4. The lowest BCUT2D eigenvalue weighted by Gasteiger charge is -2.24. The van der Waals surface area contributed by atoms with E-state index in [1.54, 1.807) is 14.0 Å². The summed E-state index contributed by atoms with van der Waals surface area (Å²) in [6.07, 6.45) is 0.790. The third-order valence-electron chi connectivity index (χ3n) is 3.17. The SMILES string of the molecule is COCCC(C)(C)CNS(=O)(=O)c1c(C)csc1CN. The first-order valence-electron chi connectivity index (χ1n) is 6.49. The number of nitrogens with two attached hydrogens (primary N) is 1. The molecular formula is C13H24N2O3S2. The number of hydrogen-bond acceptors (Lipinski definition) is 5. The summed E-state index contributed by atoms with van der Waals surface area (Å²) in [7, 11) is -1.87. The minimum atomic E-state index is -3.51. The molecule has 1 aromatic heterocycles. The number of ether oxygens (including phenoxy) is 1. The van der Waals surface area contributed by atoms with Crippen LogP contribution in [0, 0.1) is 12.3 Å². The van der Waals surface area contributed by atoms with Crippen LogP contribution in [0.25, 0.3) is 0 Å². The Morgan fingerprint density at radius 1 is 1.45 bits per heavy atom. The Hall–Kier alpha value is -0.470. The fraction of sp³-hybridized carbons (Fsp3) is 0.692. The van der Waals surface area contributed by atoms with Crippen molar-refractivity contribution in [2.24, 2.45) is 11.1 Å². The van der Waals surface area contributed by atoms with Crippen LogP contribution >= 0.6 is 11.3 Å². The van der Waals surface area contributed by atoms with Gasteiger partial charge in [0.1, 0.15) is 4.90 Å². The van der Waals surface area contributed by atoms with Crippen LogP contribution in [-0.2, 0) is 21.3 Å². The summed E-state index contributed by atoms with van der Waals surface area (Å²) < 4.78 is 32.6. The smallest absolute Gasteiger partial charge is 0.242 e. The van der Waals surface area contributed by atoms with Crippen LogP contribution in [0.5, 0.6) is 0 Å². The molecular weight excluding hydrogens is 296 g/mol. The van der Waals surface area contributed by atoms with Crippen LogP contribution in [0.2, 0.25) is 0 Å². The van der Waals surface area contributed by atoms with Gasteiger partial charge in [0.15, 0.2) is 0 Å². The monoisotopic (exact) mass is 320 g/mol. The predicted molar refractivity (Wildman–Crippen MR) is 82.4 cm³/mol. The molecule has 0 radical (unpaired) electrons. The van der Waals surface area contributed by atoms with Crippen molar-refractivity contribution in [3.05, 3.63) is 15.8 Å². The van der Waals surface area contributed by atoms with E-state index < -0.39 is 10.0 Å². The Morgan fingerprint density at radius 2 is 2.10 bits per heavy atom. The Morgan fingerprint density at radius 3 is 2.65 bits per heavy atom. The third kappa shape index (κ3) is 4.53. The lowest BCUT2D eigenvalue weighted by Crippen LogP contribution is -2.35. The van der Waals surface area contributed by atoms with Crippen molar-refractivity contribution in [3.63, 3.8) is 0 Å². The number of rotatable bonds is 8. The van der Waals surface area contributed by atoms with Gasteiger partial charge in [0.2, 0.25) is 10.0 Å². The summed E-state index contributed by atoms with van der Waals surface area (Å²) in [6, 6.07) is 0. The molecule has 0 aliphatic heterocycles. The molecule has 3 N–H and O–H groups in total. The number of nitrogens with one attached hydrogen (secondary N) is 1. The number of thiophene rings is 1. The first-order valence-corrected chi connectivity index (χ1v) is 8.85. The van der Waals surface area contributed by atoms with Crippen LogP contribution in [0.4, 0.5) is 0 Å². The molecule has 0 bridgehead atoms. The highest BCUT2D eigenvalue weighted by molar-refractivity contribution is 7.89. The first kappa shape index (κ1) is 17.6. The van der Waals surface area contributed by atoms with Crippen molar-refractivity contribution in [2.45, 2.75) is 38.6 Å². The van der Waals surface area contributed by atoms with Crippen molar-refractivity contribution in [2.75, 3.05) is 20.3 Å². The van der Waals surface area contributed by atoms with E-state index in [1.807, 2.05) is 19.2 Å². The van der Waals surface area contributed by atoms with Gasteiger partial charge in [-0.2, -0.15) is 0 Å². The predicted octanol–water partition coefficient (Wildman–Crippen LogP) is 1.86. The van der Waals surface area contributed by atoms with Crippen molar-refractivity contribution in [3.8, 4) is 0 Å². The molecule has 0 fully saturated rings. The molecule has 7 heteroatoms. The minimum absolute atomic E-state index is 0.157. The second-order valence-corrected chi connectivity index (χ2v) is 8.27. The van der Waals surface area contributed by atoms with Gasteiger partial charge < -0.3 is 10.5 Å². The van der Waals surface area contributed by atoms with Gasteiger partial charge in [-0.05, 0) is 29.7 Å². The fourth-order valence-corrected chi connectivity index (χ4v) is 4.76. The number of methoxy groups -OCH3 is 1. The standard InChI is InChI=1S/C13H24N2O3S2/c1-10-8-19-11(7-14)12(10)20(16,17)15-9-13(2,3)5-6-18-4/h8,15H,5-7,9,14H2,1-4H3. The molecule has 20 heavy (non-hydrogen) atoms. The molecule has 0 aliphatic rings. The minimum Gasteiger partial charge on any atom is -0.385 e. The van der Waals surface area contributed by atoms with Crippen LogP contribution in [0.1, 0.15) is 30.7 Å². The van der Waals surface area contributed by atoms with E-state index in [-0.39, 0.29) is 12.0 Å². The number of sulfonamides is 1. The molecule has 0 atom stereocenters. The average Bonchev–Trinajstić information content (AvgIpc) is 2.76. The number of aryl methyl sites for hydroxylation is 1. The highest BCUT2D eigenvalue weighted by Gasteiger charge is 2.26. The topological polar surface area (TPSA) is 81.4 Å². The van der Waals surface area contributed by atoms with Gasteiger partial charge in [-0.1, -0.05) is 13.8 Å². The molecule has 0 saturated heterocycles. The second-order valence-electron chi connectivity index (χ2n) is 5.61. The molecule has 1 heterocycles. The number of hydrogen-bond donors (Lipinski definition) is 2. The lowest BCUT2D eigenvalue weighted by molar-refractivity contribution is 0.153. The Bertz CT molecular complexity index is 536. The van der Waals surface area contributed by atoms with E-state index in [1.165, 1.54) is 11.3 Å². The summed E-state index contributed by atoms with van der Waals surface area (Å²) >= 11 is 1.39. The highest BCUT2D eigenvalue weighted by Crippen LogP contribution is 2.27. The Kier molecular flexibility index (Phi) is 6.15.